The largest absolute Gasteiger partial charge is 0.481 e. The second kappa shape index (κ2) is 7.44. The van der Waals surface area contributed by atoms with E-state index in [1.807, 2.05) is 0 Å². The fourth-order valence-corrected chi connectivity index (χ4v) is 4.18. The van der Waals surface area contributed by atoms with Crippen molar-refractivity contribution < 1.29 is 9.90 Å². The number of nitrogens with zero attached hydrogens (tertiary/aromatic N) is 1. The van der Waals surface area contributed by atoms with Crippen molar-refractivity contribution in [3.8, 4) is 0 Å². The van der Waals surface area contributed by atoms with E-state index >= 15 is 0 Å². The molecule has 0 bridgehead atoms. The zero-order valence-electron chi connectivity index (χ0n) is 13.1. The summed E-state index contributed by atoms with van der Waals surface area (Å²) < 4.78 is 0. The minimum atomic E-state index is -0.549. The molecule has 116 valence electrons. The van der Waals surface area contributed by atoms with E-state index in [-0.39, 0.29) is 0 Å². The lowest BCUT2D eigenvalue weighted by Gasteiger charge is -2.37. The summed E-state index contributed by atoms with van der Waals surface area (Å²) in [5.41, 5.74) is -0.442. The number of rotatable bonds is 5. The molecule has 1 saturated heterocycles. The van der Waals surface area contributed by atoms with Crippen LogP contribution in [0, 0.1) is 11.3 Å². The Hall–Kier alpha value is -0.570. The Morgan fingerprint density at radius 1 is 1.15 bits per heavy atom. The lowest BCUT2D eigenvalue weighted by Crippen LogP contribution is -2.44. The summed E-state index contributed by atoms with van der Waals surface area (Å²) in [7, 11) is 0. The normalized spacial score (nSPS) is 27.9. The van der Waals surface area contributed by atoms with E-state index in [1.165, 1.54) is 38.5 Å². The van der Waals surface area contributed by atoms with Crippen molar-refractivity contribution >= 4 is 5.97 Å². The summed E-state index contributed by atoms with van der Waals surface area (Å²) in [4.78, 5) is 14.2. The monoisotopic (exact) mass is 281 g/mol. The van der Waals surface area contributed by atoms with E-state index in [2.05, 4.69) is 11.8 Å². The molecule has 0 aromatic heterocycles. The Bertz CT molecular complexity index is 310. The number of carboxylic acids is 1. The van der Waals surface area contributed by atoms with Crippen molar-refractivity contribution in [3.05, 3.63) is 0 Å². The molecular formula is C17H31NO2. The third-order valence-electron chi connectivity index (χ3n) is 5.43. The molecule has 2 fully saturated rings. The van der Waals surface area contributed by atoms with Gasteiger partial charge in [-0.25, -0.2) is 0 Å². The Morgan fingerprint density at radius 3 is 2.55 bits per heavy atom. The number of carbonyl (C=O) groups is 1. The van der Waals surface area contributed by atoms with Crippen LogP contribution in [0.25, 0.3) is 0 Å². The highest BCUT2D eigenvalue weighted by atomic mass is 16.4. The number of likely N-dealkylation sites (tertiary alicyclic amines) is 1. The van der Waals surface area contributed by atoms with Crippen LogP contribution in [0.2, 0.25) is 0 Å². The van der Waals surface area contributed by atoms with Gasteiger partial charge >= 0.3 is 5.97 Å². The maximum atomic E-state index is 11.8. The van der Waals surface area contributed by atoms with Crippen LogP contribution in [0.15, 0.2) is 0 Å². The van der Waals surface area contributed by atoms with Gasteiger partial charge in [0.1, 0.15) is 0 Å². The Kier molecular flexibility index (Phi) is 5.88. The molecule has 1 aliphatic heterocycles. The van der Waals surface area contributed by atoms with E-state index in [0.29, 0.717) is 0 Å². The first-order valence-corrected chi connectivity index (χ1v) is 8.62. The van der Waals surface area contributed by atoms with Gasteiger partial charge in [0, 0.05) is 6.54 Å². The van der Waals surface area contributed by atoms with Crippen molar-refractivity contribution in [2.24, 2.45) is 11.3 Å². The number of aliphatic carboxylic acids is 1. The van der Waals surface area contributed by atoms with Crippen molar-refractivity contribution in [1.82, 2.24) is 4.90 Å². The van der Waals surface area contributed by atoms with Gasteiger partial charge in [-0.1, -0.05) is 39.0 Å². The van der Waals surface area contributed by atoms with Crippen LogP contribution in [0.5, 0.6) is 0 Å². The van der Waals surface area contributed by atoms with Gasteiger partial charge in [-0.15, -0.1) is 0 Å². The third-order valence-corrected chi connectivity index (χ3v) is 5.43. The van der Waals surface area contributed by atoms with Crippen molar-refractivity contribution in [2.75, 3.05) is 19.6 Å². The van der Waals surface area contributed by atoms with Crippen LogP contribution in [-0.4, -0.2) is 35.6 Å². The van der Waals surface area contributed by atoms with Gasteiger partial charge in [0.25, 0.3) is 0 Å². The standard InChI is InChI=1S/C17H31NO2/c1-2-7-15-8-6-12-18(13-9-15)14-17(16(19)20)10-4-3-5-11-17/h15H,2-14H2,1H3,(H,19,20). The van der Waals surface area contributed by atoms with Gasteiger partial charge in [0.05, 0.1) is 5.41 Å². The molecule has 1 atom stereocenters. The molecule has 2 rings (SSSR count). The molecule has 1 saturated carbocycles. The molecule has 1 aliphatic carbocycles. The highest BCUT2D eigenvalue weighted by Crippen LogP contribution is 2.38. The van der Waals surface area contributed by atoms with Crippen LogP contribution >= 0.6 is 0 Å². The first-order valence-electron chi connectivity index (χ1n) is 8.62. The lowest BCUT2D eigenvalue weighted by molar-refractivity contribution is -0.152. The molecule has 2 aliphatic rings. The molecule has 0 aromatic rings. The number of hydrogen-bond donors (Lipinski definition) is 1. The third kappa shape index (κ3) is 3.97. The minimum Gasteiger partial charge on any atom is -0.481 e. The number of carboxylic acid groups (broad SMARTS) is 1. The summed E-state index contributed by atoms with van der Waals surface area (Å²) in [6.07, 6.45) is 11.7. The second-order valence-corrected chi connectivity index (χ2v) is 7.01. The van der Waals surface area contributed by atoms with Crippen LogP contribution in [0.3, 0.4) is 0 Å². The average Bonchev–Trinajstić information content (AvgIpc) is 2.66. The summed E-state index contributed by atoms with van der Waals surface area (Å²) in [5, 5.41) is 9.70. The molecule has 3 heteroatoms. The lowest BCUT2D eigenvalue weighted by atomic mass is 9.73. The van der Waals surface area contributed by atoms with Crippen molar-refractivity contribution in [3.63, 3.8) is 0 Å². The van der Waals surface area contributed by atoms with Gasteiger partial charge in [-0.05, 0) is 51.1 Å². The fraction of sp³-hybridized carbons (Fsp3) is 0.941. The van der Waals surface area contributed by atoms with Crippen LogP contribution in [0.4, 0.5) is 0 Å². The fourth-order valence-electron chi connectivity index (χ4n) is 4.18. The molecule has 20 heavy (non-hydrogen) atoms. The zero-order chi connectivity index (χ0) is 14.4. The molecular weight excluding hydrogens is 250 g/mol. The Morgan fingerprint density at radius 2 is 1.90 bits per heavy atom. The summed E-state index contributed by atoms with van der Waals surface area (Å²) in [5.74, 6) is 0.323. The maximum Gasteiger partial charge on any atom is 0.310 e. The molecule has 0 amide bonds. The van der Waals surface area contributed by atoms with Crippen LogP contribution in [-0.2, 0) is 4.79 Å². The first-order chi connectivity index (χ1) is 9.66. The summed E-state index contributed by atoms with van der Waals surface area (Å²) >= 11 is 0. The Balaban J connectivity index is 1.92. The van der Waals surface area contributed by atoms with Crippen LogP contribution < -0.4 is 0 Å². The molecule has 0 radical (unpaired) electrons. The molecule has 0 spiro atoms. The minimum absolute atomic E-state index is 0.442. The van der Waals surface area contributed by atoms with E-state index in [4.69, 9.17) is 0 Å². The predicted molar refractivity (Wildman–Crippen MR) is 81.8 cm³/mol. The van der Waals surface area contributed by atoms with E-state index < -0.39 is 11.4 Å². The Labute approximate surface area is 123 Å². The van der Waals surface area contributed by atoms with Gasteiger partial charge in [0.2, 0.25) is 0 Å². The predicted octanol–water partition coefficient (Wildman–Crippen LogP) is 3.92. The smallest absolute Gasteiger partial charge is 0.310 e. The van der Waals surface area contributed by atoms with Crippen LogP contribution in [0.1, 0.15) is 71.1 Å². The maximum absolute atomic E-state index is 11.8. The van der Waals surface area contributed by atoms with Gasteiger partial charge in [0.15, 0.2) is 0 Å². The van der Waals surface area contributed by atoms with E-state index in [0.717, 1.165) is 51.2 Å². The second-order valence-electron chi connectivity index (χ2n) is 7.01. The topological polar surface area (TPSA) is 40.5 Å². The summed E-state index contributed by atoms with van der Waals surface area (Å²) in [6.45, 7) is 5.28. The highest BCUT2D eigenvalue weighted by molar-refractivity contribution is 5.75. The SMILES string of the molecule is CCCC1CCCN(CC2(C(=O)O)CCCCC2)CC1. The van der Waals surface area contributed by atoms with Gasteiger partial charge < -0.3 is 10.0 Å². The quantitative estimate of drug-likeness (QED) is 0.830. The van der Waals surface area contributed by atoms with Gasteiger partial charge in [-0.3, -0.25) is 4.79 Å². The molecule has 1 heterocycles. The molecule has 1 unspecified atom stereocenters. The highest BCUT2D eigenvalue weighted by Gasteiger charge is 2.41. The van der Waals surface area contributed by atoms with Gasteiger partial charge in [-0.2, -0.15) is 0 Å². The zero-order valence-corrected chi connectivity index (χ0v) is 13.1. The number of hydrogen-bond acceptors (Lipinski definition) is 2. The molecule has 0 aromatic carbocycles. The van der Waals surface area contributed by atoms with E-state index in [1.54, 1.807) is 0 Å². The first kappa shape index (κ1) is 15.8. The summed E-state index contributed by atoms with van der Waals surface area (Å²) in [6, 6.07) is 0. The average molecular weight is 281 g/mol. The van der Waals surface area contributed by atoms with E-state index in [9.17, 15) is 9.90 Å². The molecule has 3 nitrogen and oxygen atoms in total. The molecule has 1 N–H and O–H groups in total. The van der Waals surface area contributed by atoms with Crippen molar-refractivity contribution in [2.45, 2.75) is 71.1 Å². The van der Waals surface area contributed by atoms with Crippen molar-refractivity contribution in [1.29, 1.82) is 0 Å².